The summed E-state index contributed by atoms with van der Waals surface area (Å²) in [6, 6.07) is 0. The van der Waals surface area contributed by atoms with E-state index in [0.29, 0.717) is 0 Å². The fourth-order valence-electron chi connectivity index (χ4n) is 1.35. The van der Waals surface area contributed by atoms with Crippen molar-refractivity contribution in [3.63, 3.8) is 0 Å². The highest BCUT2D eigenvalue weighted by Crippen LogP contribution is 1.90. The summed E-state index contributed by atoms with van der Waals surface area (Å²) < 4.78 is 0. The van der Waals surface area contributed by atoms with Crippen LogP contribution < -0.4 is 0 Å². The fraction of sp³-hybridized carbons (Fsp3) is 1.00. The minimum absolute atomic E-state index is 1.18. The number of rotatable bonds is 7. The Bertz CT molecular complexity index is 90.3. The topological polar surface area (TPSA) is 6.48 Å². The lowest BCUT2D eigenvalue weighted by atomic mass is 10.4. The molecule has 0 bridgehead atoms. The van der Waals surface area contributed by atoms with Crippen LogP contribution in [0.3, 0.4) is 0 Å². The molecule has 0 saturated carbocycles. The van der Waals surface area contributed by atoms with Crippen LogP contribution in [0.4, 0.5) is 0 Å². The average Bonchev–Trinajstić information content (AvgIpc) is 2.23. The van der Waals surface area contributed by atoms with Crippen molar-refractivity contribution in [2.75, 3.05) is 39.8 Å². The molecule has 0 aromatic carbocycles. The van der Waals surface area contributed by atoms with E-state index in [9.17, 15) is 0 Å². The van der Waals surface area contributed by atoms with Crippen molar-refractivity contribution in [2.24, 2.45) is 0 Å². The van der Waals surface area contributed by atoms with Crippen LogP contribution in [-0.2, 0) is 0 Å². The summed E-state index contributed by atoms with van der Waals surface area (Å²) in [5, 5.41) is 0. The van der Waals surface area contributed by atoms with E-state index in [2.05, 4.69) is 37.6 Å². The zero-order valence-electron chi connectivity index (χ0n) is 11.1. The van der Waals surface area contributed by atoms with Gasteiger partial charge < -0.3 is 9.80 Å². The van der Waals surface area contributed by atoms with Gasteiger partial charge >= 0.3 is 0 Å². The summed E-state index contributed by atoms with van der Waals surface area (Å²) >= 11 is 0. The Labute approximate surface area is 91.3 Å². The summed E-state index contributed by atoms with van der Waals surface area (Å²) in [5.74, 6) is 0. The molecule has 0 aromatic heterocycles. The molecule has 0 atom stereocenters. The molecule has 0 aromatic rings. The molecule has 0 heterocycles. The second-order valence-electron chi connectivity index (χ2n) is 3.33. The average molecular weight is 202 g/mol. The Balaban J connectivity index is 0. The van der Waals surface area contributed by atoms with E-state index >= 15 is 0 Å². The lowest BCUT2D eigenvalue weighted by Crippen LogP contribution is -2.33. The van der Waals surface area contributed by atoms with Crippen molar-refractivity contribution in [1.29, 1.82) is 0 Å². The molecule has 2 heteroatoms. The molecule has 0 radical (unpaired) electrons. The van der Waals surface area contributed by atoms with Crippen LogP contribution >= 0.6 is 0 Å². The highest BCUT2D eigenvalue weighted by Gasteiger charge is 2.00. The fourth-order valence-corrected chi connectivity index (χ4v) is 1.35. The quantitative estimate of drug-likeness (QED) is 0.626. The summed E-state index contributed by atoms with van der Waals surface area (Å²) in [6.45, 7) is 16.7. The lowest BCUT2D eigenvalue weighted by molar-refractivity contribution is 0.241. The molecule has 0 aliphatic rings. The number of likely N-dealkylation sites (N-methyl/N-ethyl adjacent to an activating group) is 2. The third-order valence-corrected chi connectivity index (χ3v) is 2.30. The van der Waals surface area contributed by atoms with Gasteiger partial charge in [-0.25, -0.2) is 0 Å². The zero-order valence-corrected chi connectivity index (χ0v) is 11.1. The van der Waals surface area contributed by atoms with Gasteiger partial charge in [0.2, 0.25) is 0 Å². The molecule has 0 rings (SSSR count). The second-order valence-corrected chi connectivity index (χ2v) is 3.33. The third kappa shape index (κ3) is 10.0. The number of nitrogens with zero attached hydrogens (tertiary/aromatic N) is 2. The molecular formula is C12H30N2. The maximum atomic E-state index is 2.46. The maximum absolute atomic E-state index is 2.46. The third-order valence-electron chi connectivity index (χ3n) is 2.30. The van der Waals surface area contributed by atoms with E-state index < -0.39 is 0 Å². The standard InChI is InChI=1S/C10H24N2.C2H6/c1-5-8-11(4)9-10-12(6-2)7-3;1-2/h5-10H2,1-4H3;1-2H3. The Hall–Kier alpha value is -0.0800. The largest absolute Gasteiger partial charge is 0.305 e. The van der Waals surface area contributed by atoms with Crippen LogP contribution in [0.25, 0.3) is 0 Å². The molecule has 0 unspecified atom stereocenters. The summed E-state index contributed by atoms with van der Waals surface area (Å²) in [5.41, 5.74) is 0. The number of hydrogen-bond acceptors (Lipinski definition) is 2. The Morgan fingerprint density at radius 1 is 0.786 bits per heavy atom. The summed E-state index contributed by atoms with van der Waals surface area (Å²) in [6.07, 6.45) is 1.26. The highest BCUT2D eigenvalue weighted by atomic mass is 15.2. The van der Waals surface area contributed by atoms with E-state index in [1.54, 1.807) is 0 Å². The van der Waals surface area contributed by atoms with Gasteiger partial charge in [0.15, 0.2) is 0 Å². The van der Waals surface area contributed by atoms with Crippen molar-refractivity contribution in [1.82, 2.24) is 9.80 Å². The van der Waals surface area contributed by atoms with Crippen LogP contribution in [0.5, 0.6) is 0 Å². The van der Waals surface area contributed by atoms with Gasteiger partial charge in [-0.1, -0.05) is 34.6 Å². The molecule has 0 spiro atoms. The number of hydrogen-bond donors (Lipinski definition) is 0. The van der Waals surface area contributed by atoms with Gasteiger partial charge in [-0.2, -0.15) is 0 Å². The molecular weight excluding hydrogens is 172 g/mol. The van der Waals surface area contributed by atoms with Crippen molar-refractivity contribution in [3.8, 4) is 0 Å². The van der Waals surface area contributed by atoms with Crippen LogP contribution in [0.15, 0.2) is 0 Å². The molecule has 14 heavy (non-hydrogen) atoms. The first-order valence-electron chi connectivity index (χ1n) is 6.15. The zero-order chi connectivity index (χ0) is 11.4. The normalized spacial score (nSPS) is 10.3. The van der Waals surface area contributed by atoms with E-state index in [1.165, 1.54) is 39.1 Å². The van der Waals surface area contributed by atoms with E-state index in [-0.39, 0.29) is 0 Å². The van der Waals surface area contributed by atoms with E-state index in [4.69, 9.17) is 0 Å². The van der Waals surface area contributed by atoms with E-state index in [0.717, 1.165) is 0 Å². The Morgan fingerprint density at radius 3 is 1.64 bits per heavy atom. The van der Waals surface area contributed by atoms with Crippen LogP contribution in [0, 0.1) is 0 Å². The second kappa shape index (κ2) is 12.9. The molecule has 0 fully saturated rings. The molecule has 0 aliphatic carbocycles. The van der Waals surface area contributed by atoms with Crippen molar-refractivity contribution in [3.05, 3.63) is 0 Å². The van der Waals surface area contributed by atoms with Crippen LogP contribution in [0.1, 0.15) is 41.0 Å². The van der Waals surface area contributed by atoms with Crippen LogP contribution in [0.2, 0.25) is 0 Å². The van der Waals surface area contributed by atoms with Gasteiger partial charge in [0, 0.05) is 13.1 Å². The summed E-state index contributed by atoms with van der Waals surface area (Å²) in [7, 11) is 2.20. The van der Waals surface area contributed by atoms with Gasteiger partial charge in [0.1, 0.15) is 0 Å². The first-order valence-corrected chi connectivity index (χ1v) is 6.15. The highest BCUT2D eigenvalue weighted by molar-refractivity contribution is 4.56. The molecule has 0 aliphatic heterocycles. The van der Waals surface area contributed by atoms with Crippen molar-refractivity contribution in [2.45, 2.75) is 41.0 Å². The van der Waals surface area contributed by atoms with Gasteiger partial charge in [-0.05, 0) is 33.1 Å². The van der Waals surface area contributed by atoms with Crippen molar-refractivity contribution < 1.29 is 0 Å². The maximum Gasteiger partial charge on any atom is 0.0109 e. The first-order chi connectivity index (χ1) is 6.74. The predicted molar refractivity (Wildman–Crippen MR) is 66.9 cm³/mol. The smallest absolute Gasteiger partial charge is 0.0109 e. The Kier molecular flexibility index (Phi) is 15.1. The molecule has 0 saturated heterocycles. The molecule has 2 nitrogen and oxygen atoms in total. The molecule has 88 valence electrons. The molecule has 0 N–H and O–H groups in total. The van der Waals surface area contributed by atoms with Gasteiger partial charge in [-0.3, -0.25) is 0 Å². The van der Waals surface area contributed by atoms with Crippen LogP contribution in [-0.4, -0.2) is 49.6 Å². The van der Waals surface area contributed by atoms with E-state index in [1.807, 2.05) is 13.8 Å². The first kappa shape index (κ1) is 16.4. The molecule has 0 amide bonds. The van der Waals surface area contributed by atoms with Gasteiger partial charge in [-0.15, -0.1) is 0 Å². The SMILES string of the molecule is CC.CCCN(C)CCN(CC)CC. The minimum atomic E-state index is 1.18. The predicted octanol–water partition coefficient (Wildman–Crippen LogP) is 2.70. The Morgan fingerprint density at radius 2 is 1.29 bits per heavy atom. The van der Waals surface area contributed by atoms with Crippen molar-refractivity contribution >= 4 is 0 Å². The van der Waals surface area contributed by atoms with Gasteiger partial charge in [0.25, 0.3) is 0 Å². The monoisotopic (exact) mass is 202 g/mol. The van der Waals surface area contributed by atoms with Gasteiger partial charge in [0.05, 0.1) is 0 Å². The summed E-state index contributed by atoms with van der Waals surface area (Å²) in [4.78, 5) is 4.87. The lowest BCUT2D eigenvalue weighted by Gasteiger charge is -2.22. The minimum Gasteiger partial charge on any atom is -0.305 e.